The Kier molecular flexibility index (Phi) is 7.17. The van der Waals surface area contributed by atoms with Crippen LogP contribution in [0.2, 0.25) is 0 Å². The number of sulfonamides is 1. The number of hydrogen-bond acceptors (Lipinski definition) is 4. The molecule has 0 saturated carbocycles. The van der Waals surface area contributed by atoms with Gasteiger partial charge in [0.15, 0.2) is 0 Å². The Bertz CT molecular complexity index is 806. The first-order valence-corrected chi connectivity index (χ1v) is 10.2. The predicted molar refractivity (Wildman–Crippen MR) is 106 cm³/mol. The molecule has 0 saturated heterocycles. The average Bonchev–Trinajstić information content (AvgIpc) is 2.57. The number of anilines is 2. The summed E-state index contributed by atoms with van der Waals surface area (Å²) in [4.78, 5) is 14.1. The van der Waals surface area contributed by atoms with Crippen molar-refractivity contribution in [2.45, 2.75) is 19.9 Å². The molecule has 2 aromatic rings. The maximum Gasteiger partial charge on any atom is 0.238 e. The molecule has 140 valence electrons. The van der Waals surface area contributed by atoms with Crippen LogP contribution in [-0.2, 0) is 21.4 Å². The summed E-state index contributed by atoms with van der Waals surface area (Å²) in [5.74, 6) is -0.0399. The molecule has 2 rings (SSSR count). The van der Waals surface area contributed by atoms with Gasteiger partial charge in [-0.2, -0.15) is 0 Å². The zero-order valence-electron chi connectivity index (χ0n) is 15.1. The van der Waals surface area contributed by atoms with Crippen LogP contribution in [0.3, 0.4) is 0 Å². The summed E-state index contributed by atoms with van der Waals surface area (Å²) >= 11 is 0. The third kappa shape index (κ3) is 6.85. The van der Waals surface area contributed by atoms with Gasteiger partial charge in [-0.25, -0.2) is 8.42 Å². The molecule has 0 atom stereocenters. The first-order valence-electron chi connectivity index (χ1n) is 8.51. The fraction of sp³-hybridized carbons (Fsp3) is 0.316. The number of benzene rings is 2. The summed E-state index contributed by atoms with van der Waals surface area (Å²) in [6.07, 6.45) is 0.556. The fourth-order valence-corrected chi connectivity index (χ4v) is 3.65. The van der Waals surface area contributed by atoms with Crippen molar-refractivity contribution in [2.24, 2.45) is 0 Å². The van der Waals surface area contributed by atoms with E-state index < -0.39 is 10.0 Å². The largest absolute Gasteiger partial charge is 0.325 e. The van der Waals surface area contributed by atoms with Crippen molar-refractivity contribution in [3.8, 4) is 0 Å². The molecule has 0 bridgehead atoms. The predicted octanol–water partition coefficient (Wildman–Crippen LogP) is 2.91. The van der Waals surface area contributed by atoms with Gasteiger partial charge in [-0.15, -0.1) is 0 Å². The molecule has 1 amide bonds. The van der Waals surface area contributed by atoms with Gasteiger partial charge in [0, 0.05) is 17.9 Å². The summed E-state index contributed by atoms with van der Waals surface area (Å²) < 4.78 is 26.0. The topological polar surface area (TPSA) is 78.5 Å². The van der Waals surface area contributed by atoms with Crippen molar-refractivity contribution < 1.29 is 13.2 Å². The van der Waals surface area contributed by atoms with Crippen LogP contribution in [0.4, 0.5) is 11.4 Å². The van der Waals surface area contributed by atoms with Gasteiger partial charge in [0.2, 0.25) is 15.9 Å². The molecular formula is C19H25N3O3S. The van der Waals surface area contributed by atoms with Crippen LogP contribution in [0.25, 0.3) is 0 Å². The van der Waals surface area contributed by atoms with Gasteiger partial charge >= 0.3 is 0 Å². The Hall–Kier alpha value is -2.38. The molecule has 0 unspecified atom stereocenters. The molecule has 0 aromatic heterocycles. The highest BCUT2D eigenvalue weighted by Crippen LogP contribution is 2.15. The number of carbonyl (C=O) groups is 1. The van der Waals surface area contributed by atoms with Crippen molar-refractivity contribution >= 4 is 27.3 Å². The third-order valence-electron chi connectivity index (χ3n) is 3.62. The van der Waals surface area contributed by atoms with Crippen LogP contribution in [0.5, 0.6) is 0 Å². The van der Waals surface area contributed by atoms with Gasteiger partial charge in [-0.1, -0.05) is 37.3 Å². The molecule has 26 heavy (non-hydrogen) atoms. The monoisotopic (exact) mass is 375 g/mol. The highest BCUT2D eigenvalue weighted by Gasteiger charge is 2.10. The van der Waals surface area contributed by atoms with Crippen LogP contribution >= 0.6 is 0 Å². The van der Waals surface area contributed by atoms with E-state index >= 15 is 0 Å². The van der Waals surface area contributed by atoms with E-state index in [1.54, 1.807) is 24.3 Å². The molecule has 2 N–H and O–H groups in total. The summed E-state index contributed by atoms with van der Waals surface area (Å²) in [6.45, 7) is 2.76. The third-order valence-corrected chi connectivity index (χ3v) is 5.12. The Morgan fingerprint density at radius 1 is 1.00 bits per heavy atom. The Morgan fingerprint density at radius 3 is 2.23 bits per heavy atom. The lowest BCUT2D eigenvalue weighted by Crippen LogP contribution is -2.29. The minimum Gasteiger partial charge on any atom is -0.325 e. The first-order chi connectivity index (χ1) is 12.4. The van der Waals surface area contributed by atoms with Crippen LogP contribution < -0.4 is 10.0 Å². The number of nitrogens with zero attached hydrogens (tertiary/aromatic N) is 1. The highest BCUT2D eigenvalue weighted by atomic mass is 32.2. The van der Waals surface area contributed by atoms with E-state index in [9.17, 15) is 13.2 Å². The molecule has 0 aliphatic carbocycles. The first kappa shape index (κ1) is 19.9. The molecular weight excluding hydrogens is 350 g/mol. The molecule has 6 nitrogen and oxygen atoms in total. The number of rotatable bonds is 9. The van der Waals surface area contributed by atoms with Crippen LogP contribution in [0, 0.1) is 0 Å². The SMILES string of the molecule is CCCS(=O)(=O)Nc1ccc(NC(=O)CN(C)Cc2ccccc2)cc1. The minimum atomic E-state index is -3.31. The van der Waals surface area contributed by atoms with E-state index in [0.29, 0.717) is 24.3 Å². The Balaban J connectivity index is 1.85. The van der Waals surface area contributed by atoms with Gasteiger partial charge in [-0.3, -0.25) is 14.4 Å². The van der Waals surface area contributed by atoms with E-state index in [2.05, 4.69) is 10.0 Å². The smallest absolute Gasteiger partial charge is 0.238 e. The van der Waals surface area contributed by atoms with Crippen LogP contribution in [-0.4, -0.2) is 38.6 Å². The minimum absolute atomic E-state index is 0.0826. The van der Waals surface area contributed by atoms with E-state index in [1.807, 2.05) is 49.2 Å². The zero-order chi connectivity index (χ0) is 19.0. The van der Waals surface area contributed by atoms with Crippen molar-refractivity contribution in [1.82, 2.24) is 4.90 Å². The Labute approximate surface area is 155 Å². The van der Waals surface area contributed by atoms with E-state index in [0.717, 1.165) is 5.56 Å². The van der Waals surface area contributed by atoms with Gasteiger partial charge in [-0.05, 0) is 43.3 Å². The summed E-state index contributed by atoms with van der Waals surface area (Å²) in [6, 6.07) is 16.6. The van der Waals surface area contributed by atoms with Gasteiger partial charge in [0.25, 0.3) is 0 Å². The van der Waals surface area contributed by atoms with E-state index in [4.69, 9.17) is 0 Å². The Morgan fingerprint density at radius 2 is 1.62 bits per heavy atom. The molecule has 7 heteroatoms. The molecule has 0 aliphatic heterocycles. The van der Waals surface area contributed by atoms with Gasteiger partial charge < -0.3 is 5.32 Å². The maximum absolute atomic E-state index is 12.1. The van der Waals surface area contributed by atoms with Crippen molar-refractivity contribution in [1.29, 1.82) is 0 Å². The number of likely N-dealkylation sites (N-methyl/N-ethyl adjacent to an activating group) is 1. The molecule has 0 aliphatic rings. The summed E-state index contributed by atoms with van der Waals surface area (Å²) in [7, 11) is -1.42. The molecule has 2 aromatic carbocycles. The molecule has 0 spiro atoms. The van der Waals surface area contributed by atoms with Crippen LogP contribution in [0.1, 0.15) is 18.9 Å². The summed E-state index contributed by atoms with van der Waals surface area (Å²) in [5.41, 5.74) is 2.26. The lowest BCUT2D eigenvalue weighted by molar-refractivity contribution is -0.117. The summed E-state index contributed by atoms with van der Waals surface area (Å²) in [5, 5.41) is 2.82. The lowest BCUT2D eigenvalue weighted by atomic mass is 10.2. The number of carbonyl (C=O) groups excluding carboxylic acids is 1. The standard InChI is InChI=1S/C19H25N3O3S/c1-3-13-26(24,25)21-18-11-9-17(10-12-18)20-19(23)15-22(2)14-16-7-5-4-6-8-16/h4-12,21H,3,13-15H2,1-2H3,(H,20,23). The quantitative estimate of drug-likeness (QED) is 0.706. The average molecular weight is 375 g/mol. The fourth-order valence-electron chi connectivity index (χ4n) is 2.52. The maximum atomic E-state index is 12.1. The second kappa shape index (κ2) is 9.35. The number of amides is 1. The second-order valence-electron chi connectivity index (χ2n) is 6.20. The van der Waals surface area contributed by atoms with Crippen LogP contribution in [0.15, 0.2) is 54.6 Å². The molecule has 0 heterocycles. The highest BCUT2D eigenvalue weighted by molar-refractivity contribution is 7.92. The molecule has 0 radical (unpaired) electrons. The van der Waals surface area contributed by atoms with Crippen molar-refractivity contribution in [3.05, 3.63) is 60.2 Å². The van der Waals surface area contributed by atoms with Gasteiger partial charge in [0.05, 0.1) is 12.3 Å². The lowest BCUT2D eigenvalue weighted by Gasteiger charge is -2.16. The van der Waals surface area contributed by atoms with Crippen molar-refractivity contribution in [3.63, 3.8) is 0 Å². The zero-order valence-corrected chi connectivity index (χ0v) is 15.9. The normalized spacial score (nSPS) is 11.3. The van der Waals surface area contributed by atoms with Gasteiger partial charge in [0.1, 0.15) is 0 Å². The van der Waals surface area contributed by atoms with E-state index in [-0.39, 0.29) is 18.2 Å². The number of hydrogen-bond donors (Lipinski definition) is 2. The van der Waals surface area contributed by atoms with E-state index in [1.165, 1.54) is 0 Å². The molecule has 0 fully saturated rings. The number of nitrogens with one attached hydrogen (secondary N) is 2. The second-order valence-corrected chi connectivity index (χ2v) is 8.05. The van der Waals surface area contributed by atoms with Crippen molar-refractivity contribution in [2.75, 3.05) is 29.4 Å².